The largest absolute Gasteiger partial charge is 0.356 e. The van der Waals surface area contributed by atoms with Crippen molar-refractivity contribution in [1.82, 2.24) is 14.7 Å². The smallest absolute Gasteiger partial charge is 0.256 e. The molecule has 8 heteroatoms. The van der Waals surface area contributed by atoms with Crippen LogP contribution < -0.4 is 5.32 Å². The van der Waals surface area contributed by atoms with Gasteiger partial charge >= 0.3 is 0 Å². The maximum atomic E-state index is 13.3. The lowest BCUT2D eigenvalue weighted by atomic mass is 9.97. The summed E-state index contributed by atoms with van der Waals surface area (Å²) in [5.41, 5.74) is 2.07. The van der Waals surface area contributed by atoms with Gasteiger partial charge in [0, 0.05) is 25.1 Å². The number of hydrogen-bond acceptors (Lipinski definition) is 4. The Kier molecular flexibility index (Phi) is 5.09. The number of benzene rings is 2. The molecule has 29 heavy (non-hydrogen) atoms. The lowest BCUT2D eigenvalue weighted by molar-refractivity contribution is -0.160. The van der Waals surface area contributed by atoms with Crippen LogP contribution in [0.2, 0.25) is 0 Å². The fourth-order valence-electron chi connectivity index (χ4n) is 3.32. The first-order chi connectivity index (χ1) is 14.0. The third-order valence-electron chi connectivity index (χ3n) is 4.86. The van der Waals surface area contributed by atoms with E-state index < -0.39 is 18.0 Å². The Labute approximate surface area is 166 Å². The molecule has 1 aliphatic rings. The second-order valence-corrected chi connectivity index (χ2v) is 6.72. The van der Waals surface area contributed by atoms with E-state index in [1.807, 2.05) is 24.4 Å². The van der Waals surface area contributed by atoms with Crippen molar-refractivity contribution in [3.63, 3.8) is 0 Å². The summed E-state index contributed by atoms with van der Waals surface area (Å²) >= 11 is 0. The molecule has 4 rings (SSSR count). The second-order valence-electron chi connectivity index (χ2n) is 6.72. The Hall–Kier alpha value is -3.52. The predicted molar refractivity (Wildman–Crippen MR) is 104 cm³/mol. The van der Waals surface area contributed by atoms with Gasteiger partial charge in [-0.05, 0) is 48.0 Å². The molecule has 1 fully saturated rings. The lowest BCUT2D eigenvalue weighted by Crippen LogP contribution is -2.51. The quantitative estimate of drug-likeness (QED) is 0.738. The molecule has 148 valence electrons. The number of aromatic nitrogens is 2. The molecule has 0 bridgehead atoms. The first-order valence-corrected chi connectivity index (χ1v) is 9.06. The van der Waals surface area contributed by atoms with Gasteiger partial charge < -0.3 is 15.0 Å². The molecule has 0 unspecified atom stereocenters. The average Bonchev–Trinajstić information content (AvgIpc) is 3.26. The molecular formula is C21H19FN4O3. The number of halogens is 1. The Bertz CT molecular complexity index is 1000. The molecule has 7 nitrogen and oxygen atoms in total. The fourth-order valence-corrected chi connectivity index (χ4v) is 3.32. The fraction of sp³-hybridized carbons (Fsp3) is 0.190. The Balaban J connectivity index is 1.54. The number of amides is 2. The highest BCUT2D eigenvalue weighted by molar-refractivity contribution is 5.96. The van der Waals surface area contributed by atoms with Gasteiger partial charge in [0.1, 0.15) is 12.4 Å². The topological polar surface area (TPSA) is 76.5 Å². The Morgan fingerprint density at radius 2 is 1.90 bits per heavy atom. The summed E-state index contributed by atoms with van der Waals surface area (Å²) in [6, 6.07) is 14.1. The number of carbonyl (C=O) groups is 2. The van der Waals surface area contributed by atoms with Crippen molar-refractivity contribution in [1.29, 1.82) is 0 Å². The number of morpholine rings is 1. The van der Waals surface area contributed by atoms with Crippen LogP contribution in [0.25, 0.3) is 5.69 Å². The first-order valence-electron chi connectivity index (χ1n) is 9.06. The maximum Gasteiger partial charge on any atom is 0.256 e. The molecular weight excluding hydrogens is 375 g/mol. The monoisotopic (exact) mass is 394 g/mol. The lowest BCUT2D eigenvalue weighted by Gasteiger charge is -2.38. The van der Waals surface area contributed by atoms with E-state index in [-0.39, 0.29) is 18.4 Å². The van der Waals surface area contributed by atoms with E-state index in [0.717, 1.165) is 5.69 Å². The zero-order chi connectivity index (χ0) is 20.4. The number of anilines is 1. The second kappa shape index (κ2) is 7.84. The highest BCUT2D eigenvalue weighted by atomic mass is 19.1. The number of carbonyl (C=O) groups excluding carboxylic acids is 2. The van der Waals surface area contributed by atoms with Crippen LogP contribution in [0.4, 0.5) is 10.1 Å². The van der Waals surface area contributed by atoms with Gasteiger partial charge in [0.05, 0.1) is 11.7 Å². The summed E-state index contributed by atoms with van der Waals surface area (Å²) in [5, 5.41) is 6.99. The third kappa shape index (κ3) is 3.88. The van der Waals surface area contributed by atoms with Crippen LogP contribution in [0.1, 0.15) is 11.6 Å². The van der Waals surface area contributed by atoms with Crippen LogP contribution in [0, 0.1) is 5.82 Å². The summed E-state index contributed by atoms with van der Waals surface area (Å²) in [6.45, 7) is -0.190. The van der Waals surface area contributed by atoms with Gasteiger partial charge in [0.2, 0.25) is 5.91 Å². The minimum Gasteiger partial charge on any atom is -0.356 e. The molecule has 1 aliphatic heterocycles. The van der Waals surface area contributed by atoms with E-state index in [1.165, 1.54) is 17.0 Å². The van der Waals surface area contributed by atoms with Gasteiger partial charge in [-0.25, -0.2) is 9.07 Å². The molecule has 2 atom stereocenters. The third-order valence-corrected chi connectivity index (χ3v) is 4.86. The van der Waals surface area contributed by atoms with Gasteiger partial charge in [0.25, 0.3) is 5.91 Å². The van der Waals surface area contributed by atoms with Gasteiger partial charge in [-0.3, -0.25) is 9.59 Å². The van der Waals surface area contributed by atoms with E-state index in [2.05, 4.69) is 10.4 Å². The number of likely N-dealkylation sites (N-methyl/N-ethyl adjacent to an activating group) is 1. The number of nitrogens with zero attached hydrogens (tertiary/aromatic N) is 3. The van der Waals surface area contributed by atoms with E-state index in [1.54, 1.807) is 42.2 Å². The molecule has 3 aromatic rings. The average molecular weight is 394 g/mol. The molecule has 2 heterocycles. The molecule has 1 aromatic heterocycles. The Morgan fingerprint density at radius 3 is 2.55 bits per heavy atom. The van der Waals surface area contributed by atoms with Crippen molar-refractivity contribution < 1.29 is 18.7 Å². The van der Waals surface area contributed by atoms with Crippen molar-refractivity contribution >= 4 is 17.5 Å². The summed E-state index contributed by atoms with van der Waals surface area (Å²) in [5.74, 6) is -1.02. The maximum absolute atomic E-state index is 13.3. The summed E-state index contributed by atoms with van der Waals surface area (Å²) in [6.07, 6.45) is 2.58. The molecule has 0 saturated carbocycles. The van der Waals surface area contributed by atoms with Crippen molar-refractivity contribution in [3.8, 4) is 5.69 Å². The number of hydrogen-bond donors (Lipinski definition) is 1. The van der Waals surface area contributed by atoms with E-state index >= 15 is 0 Å². The van der Waals surface area contributed by atoms with Gasteiger partial charge in [-0.15, -0.1) is 0 Å². The standard InChI is InChI=1S/C21H19FN4O3/c1-25-18(27)13-29-20(19(25)14-3-5-15(22)6-4-14)21(28)24-16-7-9-17(10-8-16)26-12-2-11-23-26/h2-12,19-20H,13H2,1H3,(H,24,28)/t19-,20-/m0/s1. The minimum absolute atomic E-state index is 0.190. The molecule has 2 aromatic carbocycles. The van der Waals surface area contributed by atoms with Crippen molar-refractivity contribution in [2.75, 3.05) is 19.0 Å². The SMILES string of the molecule is CN1C(=O)CO[C@H](C(=O)Nc2ccc(-n3cccn3)cc2)[C@@H]1c1ccc(F)cc1. The van der Waals surface area contributed by atoms with Crippen LogP contribution >= 0.6 is 0 Å². The van der Waals surface area contributed by atoms with Crippen molar-refractivity contribution in [3.05, 3.63) is 78.4 Å². The van der Waals surface area contributed by atoms with Crippen LogP contribution in [0.15, 0.2) is 67.0 Å². The summed E-state index contributed by atoms with van der Waals surface area (Å²) in [4.78, 5) is 26.5. The minimum atomic E-state index is -0.922. The highest BCUT2D eigenvalue weighted by Gasteiger charge is 2.40. The van der Waals surface area contributed by atoms with Gasteiger partial charge in [-0.2, -0.15) is 5.10 Å². The van der Waals surface area contributed by atoms with Crippen LogP contribution in [0.3, 0.4) is 0 Å². The highest BCUT2D eigenvalue weighted by Crippen LogP contribution is 2.30. The van der Waals surface area contributed by atoms with E-state index in [9.17, 15) is 14.0 Å². The Morgan fingerprint density at radius 1 is 1.17 bits per heavy atom. The zero-order valence-electron chi connectivity index (χ0n) is 15.7. The molecule has 2 amide bonds. The van der Waals surface area contributed by atoms with Crippen LogP contribution in [-0.2, 0) is 14.3 Å². The molecule has 1 N–H and O–H groups in total. The normalized spacial score (nSPS) is 19.2. The summed E-state index contributed by atoms with van der Waals surface area (Å²) in [7, 11) is 1.61. The van der Waals surface area contributed by atoms with E-state index in [0.29, 0.717) is 11.3 Å². The number of nitrogens with one attached hydrogen (secondary N) is 1. The molecule has 0 spiro atoms. The zero-order valence-corrected chi connectivity index (χ0v) is 15.7. The van der Waals surface area contributed by atoms with Gasteiger partial charge in [-0.1, -0.05) is 12.1 Å². The van der Waals surface area contributed by atoms with Crippen LogP contribution in [-0.4, -0.2) is 46.3 Å². The molecule has 1 saturated heterocycles. The molecule has 0 radical (unpaired) electrons. The number of rotatable bonds is 4. The van der Waals surface area contributed by atoms with Gasteiger partial charge in [0.15, 0.2) is 6.10 Å². The summed E-state index contributed by atoms with van der Waals surface area (Å²) < 4.78 is 20.6. The van der Waals surface area contributed by atoms with Crippen molar-refractivity contribution in [2.24, 2.45) is 0 Å². The molecule has 0 aliphatic carbocycles. The van der Waals surface area contributed by atoms with Crippen LogP contribution in [0.5, 0.6) is 0 Å². The van der Waals surface area contributed by atoms with E-state index in [4.69, 9.17) is 4.74 Å². The number of ether oxygens (including phenoxy) is 1. The first kappa shape index (κ1) is 18.8. The predicted octanol–water partition coefficient (Wildman–Crippen LogP) is 2.55. The van der Waals surface area contributed by atoms with Crippen molar-refractivity contribution in [2.45, 2.75) is 12.1 Å².